The van der Waals surface area contributed by atoms with E-state index in [0.29, 0.717) is 36.4 Å². The Labute approximate surface area is 199 Å². The lowest BCUT2D eigenvalue weighted by atomic mass is 9.96. The molecule has 1 aliphatic heterocycles. The van der Waals surface area contributed by atoms with E-state index in [-0.39, 0.29) is 22.6 Å². The predicted molar refractivity (Wildman–Crippen MR) is 132 cm³/mol. The molecule has 3 aromatic rings. The van der Waals surface area contributed by atoms with Gasteiger partial charge in [-0.2, -0.15) is 0 Å². The summed E-state index contributed by atoms with van der Waals surface area (Å²) in [7, 11) is -3.73. The van der Waals surface area contributed by atoms with Crippen LogP contribution >= 0.6 is 0 Å². The number of benzene rings is 3. The fraction of sp³-hybridized carbons (Fsp3) is 0.231. The molecule has 1 saturated heterocycles. The molecule has 1 atom stereocenters. The number of nitrogens with one attached hydrogen (secondary N) is 2. The first-order valence-corrected chi connectivity index (χ1v) is 12.6. The maximum absolute atomic E-state index is 12.9. The van der Waals surface area contributed by atoms with Gasteiger partial charge >= 0.3 is 0 Å². The average molecular weight is 478 g/mol. The van der Waals surface area contributed by atoms with Crippen molar-refractivity contribution in [2.24, 2.45) is 5.92 Å². The lowest BCUT2D eigenvalue weighted by Gasteiger charge is -2.32. The number of carbonyl (C=O) groups excluding carboxylic acids is 2. The van der Waals surface area contributed by atoms with Crippen molar-refractivity contribution in [2.75, 3.05) is 23.1 Å². The minimum atomic E-state index is -3.73. The lowest BCUT2D eigenvalue weighted by Crippen LogP contribution is -2.43. The fourth-order valence-electron chi connectivity index (χ4n) is 3.97. The van der Waals surface area contributed by atoms with Crippen molar-refractivity contribution in [3.8, 4) is 0 Å². The minimum Gasteiger partial charge on any atom is -0.338 e. The molecule has 34 heavy (non-hydrogen) atoms. The van der Waals surface area contributed by atoms with E-state index in [1.807, 2.05) is 31.2 Å². The Balaban J connectivity index is 1.40. The topological polar surface area (TPSA) is 95.6 Å². The summed E-state index contributed by atoms with van der Waals surface area (Å²) in [5.41, 5.74) is 2.53. The number of piperidine rings is 1. The Kier molecular flexibility index (Phi) is 6.98. The van der Waals surface area contributed by atoms with Gasteiger partial charge in [0.15, 0.2) is 0 Å². The number of aryl methyl sites for hydroxylation is 1. The van der Waals surface area contributed by atoms with Crippen molar-refractivity contribution < 1.29 is 18.0 Å². The third kappa shape index (κ3) is 5.63. The van der Waals surface area contributed by atoms with Gasteiger partial charge < -0.3 is 10.2 Å². The molecule has 0 saturated carbocycles. The highest BCUT2D eigenvalue weighted by atomic mass is 32.2. The number of sulfonamides is 1. The van der Waals surface area contributed by atoms with E-state index >= 15 is 0 Å². The van der Waals surface area contributed by atoms with Gasteiger partial charge in [0.25, 0.3) is 15.9 Å². The summed E-state index contributed by atoms with van der Waals surface area (Å²) >= 11 is 0. The van der Waals surface area contributed by atoms with Crippen LogP contribution in [0.3, 0.4) is 0 Å². The van der Waals surface area contributed by atoms with Crippen LogP contribution in [0.4, 0.5) is 11.4 Å². The van der Waals surface area contributed by atoms with Crippen molar-refractivity contribution in [2.45, 2.75) is 24.7 Å². The normalized spacial score (nSPS) is 16.0. The van der Waals surface area contributed by atoms with Gasteiger partial charge in [0.1, 0.15) is 0 Å². The first-order chi connectivity index (χ1) is 16.3. The Morgan fingerprint density at radius 2 is 1.62 bits per heavy atom. The van der Waals surface area contributed by atoms with Crippen LogP contribution in [0.5, 0.6) is 0 Å². The molecule has 2 amide bonds. The standard InChI is InChI=1S/C26H27N3O4S/c1-19-12-14-20(15-13-19)26(31)29-16-6-7-21(18-29)25(30)27-22-8-5-9-23(17-22)28-34(32,33)24-10-3-2-4-11-24/h2-5,8-15,17,21,28H,6-7,16,18H2,1H3,(H,27,30). The number of anilines is 2. The van der Waals surface area contributed by atoms with Gasteiger partial charge in [0, 0.05) is 24.3 Å². The molecule has 0 radical (unpaired) electrons. The smallest absolute Gasteiger partial charge is 0.261 e. The van der Waals surface area contributed by atoms with Gasteiger partial charge in [-0.1, -0.05) is 42.0 Å². The molecule has 1 fully saturated rings. The van der Waals surface area contributed by atoms with Crippen molar-refractivity contribution in [3.63, 3.8) is 0 Å². The fourth-order valence-corrected chi connectivity index (χ4v) is 5.04. The van der Waals surface area contributed by atoms with E-state index < -0.39 is 10.0 Å². The van der Waals surface area contributed by atoms with E-state index in [1.54, 1.807) is 47.4 Å². The first-order valence-electron chi connectivity index (χ1n) is 11.2. The molecule has 7 nitrogen and oxygen atoms in total. The molecule has 8 heteroatoms. The molecule has 176 valence electrons. The van der Waals surface area contributed by atoms with Crippen LogP contribution in [-0.2, 0) is 14.8 Å². The number of likely N-dealkylation sites (tertiary alicyclic amines) is 1. The monoisotopic (exact) mass is 477 g/mol. The van der Waals surface area contributed by atoms with Crippen LogP contribution in [0, 0.1) is 12.8 Å². The van der Waals surface area contributed by atoms with Crippen LogP contribution < -0.4 is 10.0 Å². The zero-order chi connectivity index (χ0) is 24.1. The average Bonchev–Trinajstić information content (AvgIpc) is 2.84. The number of nitrogens with zero attached hydrogens (tertiary/aromatic N) is 1. The van der Waals surface area contributed by atoms with E-state index in [1.165, 1.54) is 12.1 Å². The number of rotatable bonds is 6. The van der Waals surface area contributed by atoms with Crippen LogP contribution in [0.15, 0.2) is 83.8 Å². The molecular formula is C26H27N3O4S. The Bertz CT molecular complexity index is 1270. The summed E-state index contributed by atoms with van der Waals surface area (Å²) in [4.78, 5) is 27.7. The van der Waals surface area contributed by atoms with E-state index in [9.17, 15) is 18.0 Å². The van der Waals surface area contributed by atoms with Gasteiger partial charge in [0.2, 0.25) is 5.91 Å². The molecule has 0 spiro atoms. The van der Waals surface area contributed by atoms with Crippen molar-refractivity contribution in [1.82, 2.24) is 4.90 Å². The van der Waals surface area contributed by atoms with Gasteiger partial charge in [-0.3, -0.25) is 14.3 Å². The molecule has 0 bridgehead atoms. The molecule has 1 unspecified atom stereocenters. The molecule has 2 N–H and O–H groups in total. The second-order valence-electron chi connectivity index (χ2n) is 8.44. The summed E-state index contributed by atoms with van der Waals surface area (Å²) in [6, 6.07) is 22.1. The summed E-state index contributed by atoms with van der Waals surface area (Å²) in [6.45, 7) is 2.93. The second kappa shape index (κ2) is 10.1. The zero-order valence-electron chi connectivity index (χ0n) is 18.9. The van der Waals surface area contributed by atoms with Crippen molar-refractivity contribution >= 4 is 33.2 Å². The Hall–Kier alpha value is -3.65. The highest BCUT2D eigenvalue weighted by Crippen LogP contribution is 2.23. The summed E-state index contributed by atoms with van der Waals surface area (Å²) < 4.78 is 27.7. The number of hydrogen-bond donors (Lipinski definition) is 2. The largest absolute Gasteiger partial charge is 0.338 e. The summed E-state index contributed by atoms with van der Waals surface area (Å²) in [5, 5.41) is 2.87. The third-order valence-corrected chi connectivity index (χ3v) is 7.21. The Morgan fingerprint density at radius 1 is 0.912 bits per heavy atom. The molecular weight excluding hydrogens is 450 g/mol. The van der Waals surface area contributed by atoms with Crippen LogP contribution in [0.1, 0.15) is 28.8 Å². The first kappa shape index (κ1) is 23.5. The van der Waals surface area contributed by atoms with Gasteiger partial charge in [-0.25, -0.2) is 8.42 Å². The van der Waals surface area contributed by atoms with Gasteiger partial charge in [-0.15, -0.1) is 0 Å². The van der Waals surface area contributed by atoms with Crippen LogP contribution in [-0.4, -0.2) is 38.2 Å². The molecule has 4 rings (SSSR count). The lowest BCUT2D eigenvalue weighted by molar-refractivity contribution is -0.121. The highest BCUT2D eigenvalue weighted by molar-refractivity contribution is 7.92. The Morgan fingerprint density at radius 3 is 2.35 bits per heavy atom. The quantitative estimate of drug-likeness (QED) is 0.554. The molecule has 0 aliphatic carbocycles. The second-order valence-corrected chi connectivity index (χ2v) is 10.1. The zero-order valence-corrected chi connectivity index (χ0v) is 19.7. The molecule has 3 aromatic carbocycles. The van der Waals surface area contributed by atoms with Gasteiger partial charge in [0.05, 0.1) is 16.5 Å². The summed E-state index contributed by atoms with van der Waals surface area (Å²) in [5.74, 6) is -0.605. The van der Waals surface area contributed by atoms with Crippen LogP contribution in [0.2, 0.25) is 0 Å². The SMILES string of the molecule is Cc1ccc(C(=O)N2CCCC(C(=O)Nc3cccc(NS(=O)(=O)c4ccccc4)c3)C2)cc1. The molecule has 1 aliphatic rings. The van der Waals surface area contributed by atoms with Gasteiger partial charge in [-0.05, 0) is 62.2 Å². The summed E-state index contributed by atoms with van der Waals surface area (Å²) in [6.07, 6.45) is 1.43. The van der Waals surface area contributed by atoms with Crippen LogP contribution in [0.25, 0.3) is 0 Å². The number of hydrogen-bond acceptors (Lipinski definition) is 4. The molecule has 1 heterocycles. The van der Waals surface area contributed by atoms with E-state index in [2.05, 4.69) is 10.0 Å². The number of carbonyl (C=O) groups is 2. The predicted octanol–water partition coefficient (Wildman–Crippen LogP) is 4.29. The van der Waals surface area contributed by atoms with Crippen molar-refractivity contribution in [1.29, 1.82) is 0 Å². The number of amides is 2. The minimum absolute atomic E-state index is 0.0742. The third-order valence-electron chi connectivity index (χ3n) is 5.81. The maximum atomic E-state index is 12.9. The highest BCUT2D eigenvalue weighted by Gasteiger charge is 2.29. The van der Waals surface area contributed by atoms with Crippen molar-refractivity contribution in [3.05, 3.63) is 90.0 Å². The van der Waals surface area contributed by atoms with E-state index in [4.69, 9.17) is 0 Å². The van der Waals surface area contributed by atoms with E-state index in [0.717, 1.165) is 12.0 Å². The molecule has 0 aromatic heterocycles. The maximum Gasteiger partial charge on any atom is 0.261 e.